The van der Waals surface area contributed by atoms with E-state index in [9.17, 15) is 0 Å². The molecule has 4 aromatic heterocycles. The van der Waals surface area contributed by atoms with Crippen molar-refractivity contribution in [2.45, 2.75) is 0 Å². The van der Waals surface area contributed by atoms with Crippen LogP contribution in [0.2, 0.25) is 0 Å². The summed E-state index contributed by atoms with van der Waals surface area (Å²) in [5, 5.41) is 9.54. The Balaban J connectivity index is 1.05. The molecule has 9 aromatic carbocycles. The molecule has 0 radical (unpaired) electrons. The van der Waals surface area contributed by atoms with E-state index < -0.39 is 0 Å². The Kier molecular flexibility index (Phi) is 7.58. The summed E-state index contributed by atoms with van der Waals surface area (Å²) in [6.45, 7) is 0. The molecule has 0 aliphatic rings. The summed E-state index contributed by atoms with van der Waals surface area (Å²) in [5.74, 6) is 2.74. The summed E-state index contributed by atoms with van der Waals surface area (Å²) in [6.07, 6.45) is 0. The van der Waals surface area contributed by atoms with Crippen LogP contribution in [0.5, 0.6) is 0 Å². The molecule has 5 nitrogen and oxygen atoms in total. The van der Waals surface area contributed by atoms with Crippen molar-refractivity contribution in [2.75, 3.05) is 0 Å². The summed E-state index contributed by atoms with van der Waals surface area (Å²) in [5.41, 5.74) is 6.83. The Morgan fingerprint density at radius 1 is 0.311 bits per heavy atom. The predicted molar refractivity (Wildman–Crippen MR) is 257 cm³/mol. The van der Waals surface area contributed by atoms with E-state index in [1.807, 2.05) is 22.7 Å². The van der Waals surface area contributed by atoms with Crippen LogP contribution in [-0.2, 0) is 0 Å². The van der Waals surface area contributed by atoms with Gasteiger partial charge in [0.2, 0.25) is 0 Å². The molecule has 0 spiro atoms. The average molecular weight is 814 g/mol. The minimum Gasteiger partial charge on any atom is -0.292 e. The van der Waals surface area contributed by atoms with Crippen LogP contribution in [-0.4, -0.2) is 24.5 Å². The molecule has 284 valence electrons. The van der Waals surface area contributed by atoms with Crippen molar-refractivity contribution >= 4 is 95.6 Å². The molecule has 0 aliphatic heterocycles. The number of hydrogen-bond donors (Lipinski definition) is 0. The molecule has 7 heteroatoms. The van der Waals surface area contributed by atoms with E-state index in [2.05, 4.69) is 193 Å². The fourth-order valence-electron chi connectivity index (χ4n) is 9.02. The Hall–Kier alpha value is -7.58. The fourth-order valence-corrected chi connectivity index (χ4v) is 11.2. The quantitative estimate of drug-likeness (QED) is 0.162. The van der Waals surface area contributed by atoms with E-state index >= 15 is 0 Å². The summed E-state index contributed by atoms with van der Waals surface area (Å²) >= 11 is 3.62. The first-order valence-corrected chi connectivity index (χ1v) is 21.9. The van der Waals surface area contributed by atoms with Crippen molar-refractivity contribution < 1.29 is 0 Å². The average Bonchev–Trinajstić information content (AvgIpc) is 4.04. The molecular formula is C54H31N5S2. The van der Waals surface area contributed by atoms with E-state index in [0.717, 1.165) is 55.6 Å². The molecule has 0 N–H and O–H groups in total. The molecule has 0 fully saturated rings. The third-order valence-corrected chi connectivity index (χ3v) is 14.1. The van der Waals surface area contributed by atoms with Crippen LogP contribution in [0.4, 0.5) is 0 Å². The minimum absolute atomic E-state index is 0.605. The van der Waals surface area contributed by atoms with Crippen LogP contribution in [0, 0.1) is 0 Å². The molecule has 0 saturated carbocycles. The van der Waals surface area contributed by atoms with Crippen molar-refractivity contribution in [2.24, 2.45) is 0 Å². The van der Waals surface area contributed by atoms with E-state index in [1.54, 1.807) is 0 Å². The second kappa shape index (κ2) is 13.5. The van der Waals surface area contributed by atoms with Crippen LogP contribution in [0.3, 0.4) is 0 Å². The second-order valence-electron chi connectivity index (χ2n) is 15.4. The van der Waals surface area contributed by atoms with Crippen LogP contribution in [0.25, 0.3) is 124 Å². The first-order chi connectivity index (χ1) is 30.2. The SMILES string of the molecule is c1ccc(-c2nc3c4ccccc4c4ccccc4c3n2-c2cccc(-c3nc(-c4ccc5sc6ccccc6c5c4)nc(-c4ccc5sc6ccccc6c5c4)n3)c2)cc1. The number of benzene rings is 9. The molecule has 13 rings (SSSR count). The molecule has 0 aliphatic carbocycles. The van der Waals surface area contributed by atoms with Gasteiger partial charge in [0.05, 0.1) is 11.0 Å². The number of imidazole rings is 1. The Labute approximate surface area is 357 Å². The van der Waals surface area contributed by atoms with Gasteiger partial charge in [-0.2, -0.15) is 0 Å². The number of aromatic nitrogens is 5. The monoisotopic (exact) mass is 813 g/mol. The first-order valence-electron chi connectivity index (χ1n) is 20.3. The summed E-state index contributed by atoms with van der Waals surface area (Å²) in [7, 11) is 0. The van der Waals surface area contributed by atoms with Gasteiger partial charge in [-0.1, -0.05) is 127 Å². The second-order valence-corrected chi connectivity index (χ2v) is 17.6. The van der Waals surface area contributed by atoms with Crippen molar-refractivity contribution in [3.63, 3.8) is 0 Å². The highest BCUT2D eigenvalue weighted by Crippen LogP contribution is 2.41. The van der Waals surface area contributed by atoms with Gasteiger partial charge in [0.25, 0.3) is 0 Å². The van der Waals surface area contributed by atoms with Crippen LogP contribution in [0.1, 0.15) is 0 Å². The van der Waals surface area contributed by atoms with Crippen LogP contribution >= 0.6 is 22.7 Å². The zero-order chi connectivity index (χ0) is 40.0. The predicted octanol–water partition coefficient (Wildman–Crippen LogP) is 14.9. The third-order valence-electron chi connectivity index (χ3n) is 11.8. The Morgan fingerprint density at radius 3 is 1.38 bits per heavy atom. The van der Waals surface area contributed by atoms with E-state index in [1.165, 1.54) is 51.1 Å². The number of thiophene rings is 2. The summed E-state index contributed by atoms with van der Waals surface area (Å²) in [4.78, 5) is 21.3. The van der Waals surface area contributed by atoms with Crippen molar-refractivity contribution in [3.05, 3.63) is 188 Å². The van der Waals surface area contributed by atoms with Crippen molar-refractivity contribution in [3.8, 4) is 51.2 Å². The lowest BCUT2D eigenvalue weighted by Gasteiger charge is -2.14. The van der Waals surface area contributed by atoms with Crippen molar-refractivity contribution in [1.82, 2.24) is 24.5 Å². The highest BCUT2D eigenvalue weighted by atomic mass is 32.1. The number of nitrogens with zero attached hydrogens (tertiary/aromatic N) is 5. The van der Waals surface area contributed by atoms with Crippen molar-refractivity contribution in [1.29, 1.82) is 0 Å². The smallest absolute Gasteiger partial charge is 0.164 e. The molecule has 4 heterocycles. The van der Waals surface area contributed by atoms with Gasteiger partial charge < -0.3 is 0 Å². The van der Waals surface area contributed by atoms with Gasteiger partial charge in [-0.3, -0.25) is 4.57 Å². The van der Waals surface area contributed by atoms with Gasteiger partial charge in [0.15, 0.2) is 17.5 Å². The van der Waals surface area contributed by atoms with Crippen LogP contribution < -0.4 is 0 Å². The molecule has 0 amide bonds. The zero-order valence-corrected chi connectivity index (χ0v) is 34.1. The summed E-state index contributed by atoms with van der Waals surface area (Å²) in [6, 6.07) is 66.7. The topological polar surface area (TPSA) is 56.5 Å². The largest absolute Gasteiger partial charge is 0.292 e. The van der Waals surface area contributed by atoms with E-state index in [0.29, 0.717) is 17.5 Å². The summed E-state index contributed by atoms with van der Waals surface area (Å²) < 4.78 is 7.33. The fraction of sp³-hybridized carbons (Fsp3) is 0. The number of rotatable bonds is 5. The minimum atomic E-state index is 0.605. The van der Waals surface area contributed by atoms with Gasteiger partial charge in [-0.05, 0) is 71.4 Å². The molecule has 0 atom stereocenters. The van der Waals surface area contributed by atoms with Crippen LogP contribution in [0.15, 0.2) is 188 Å². The zero-order valence-electron chi connectivity index (χ0n) is 32.5. The van der Waals surface area contributed by atoms with Gasteiger partial charge in [-0.15, -0.1) is 22.7 Å². The van der Waals surface area contributed by atoms with Gasteiger partial charge >= 0.3 is 0 Å². The third kappa shape index (κ3) is 5.45. The number of fused-ring (bicyclic) bond motifs is 12. The lowest BCUT2D eigenvalue weighted by Crippen LogP contribution is -2.02. The lowest BCUT2D eigenvalue weighted by molar-refractivity contribution is 1.07. The highest BCUT2D eigenvalue weighted by Gasteiger charge is 2.22. The maximum Gasteiger partial charge on any atom is 0.164 e. The lowest BCUT2D eigenvalue weighted by atomic mass is 10.00. The maximum atomic E-state index is 5.45. The maximum absolute atomic E-state index is 5.45. The Morgan fingerprint density at radius 2 is 0.770 bits per heavy atom. The van der Waals surface area contributed by atoms with Gasteiger partial charge in [-0.25, -0.2) is 19.9 Å². The molecule has 61 heavy (non-hydrogen) atoms. The van der Waals surface area contributed by atoms with Gasteiger partial charge in [0.1, 0.15) is 5.82 Å². The van der Waals surface area contributed by atoms with Gasteiger partial charge in [0, 0.05) is 79.1 Å². The Bertz CT molecular complexity index is 3770. The first kappa shape index (κ1) is 34.3. The molecule has 0 saturated heterocycles. The molecule has 0 unspecified atom stereocenters. The molecular weight excluding hydrogens is 783 g/mol. The normalized spacial score (nSPS) is 11.9. The standard InChI is InChI=1S/C54H31N5S2/c1-2-13-32(14-3-1)54-55-49-41-21-6-4-17-37(41)38-18-5-7-22-42(38)50(49)59(54)36-16-12-15-33(29-36)51-56-52(34-25-27-47-43(30-34)39-19-8-10-23-45(39)60-47)58-53(57-51)35-26-28-48-44(31-35)40-20-9-11-24-46(40)61-48/h1-31H. The van der Waals surface area contributed by atoms with E-state index in [-0.39, 0.29) is 0 Å². The molecule has 13 aromatic rings. The highest BCUT2D eigenvalue weighted by molar-refractivity contribution is 7.26. The van der Waals surface area contributed by atoms with E-state index in [4.69, 9.17) is 19.9 Å². The number of hydrogen-bond acceptors (Lipinski definition) is 6. The molecule has 0 bridgehead atoms.